The van der Waals surface area contributed by atoms with Gasteiger partial charge < -0.3 is 4.57 Å². The van der Waals surface area contributed by atoms with Crippen molar-refractivity contribution in [2.45, 2.75) is 30.5 Å². The van der Waals surface area contributed by atoms with Crippen molar-refractivity contribution < 1.29 is 30.4 Å². The summed E-state index contributed by atoms with van der Waals surface area (Å²) in [6.07, 6.45) is -3.56. The van der Waals surface area contributed by atoms with Gasteiger partial charge in [-0.3, -0.25) is 14.8 Å². The molecule has 0 aliphatic rings. The van der Waals surface area contributed by atoms with Gasteiger partial charge in [-0.2, -0.15) is 22.0 Å². The lowest BCUT2D eigenvalue weighted by molar-refractivity contribution is -0.286. The molecule has 0 unspecified atom stereocenters. The van der Waals surface area contributed by atoms with Crippen LogP contribution in [0.15, 0.2) is 52.4 Å². The van der Waals surface area contributed by atoms with Crippen molar-refractivity contribution in [1.29, 1.82) is 0 Å². The summed E-state index contributed by atoms with van der Waals surface area (Å²) in [6.45, 7) is -0.466. The minimum atomic E-state index is -5.83. The number of hydrogen-bond donors (Lipinski definition) is 0. The zero-order valence-corrected chi connectivity index (χ0v) is 16.1. The van der Waals surface area contributed by atoms with E-state index >= 15 is 0 Å². The molecule has 3 rings (SSSR count). The predicted octanol–water partition coefficient (Wildman–Crippen LogP) is 3.45. The molecule has 12 heteroatoms. The molecule has 0 bridgehead atoms. The van der Waals surface area contributed by atoms with E-state index in [1.807, 2.05) is 0 Å². The van der Waals surface area contributed by atoms with Crippen molar-refractivity contribution in [3.63, 3.8) is 0 Å². The highest BCUT2D eigenvalue weighted by atomic mass is 32.2. The molecule has 0 spiro atoms. The molecule has 0 N–H and O–H groups in total. The van der Waals surface area contributed by atoms with E-state index in [1.165, 1.54) is 37.4 Å². The summed E-state index contributed by atoms with van der Waals surface area (Å²) in [4.78, 5) is 19.8. The fourth-order valence-electron chi connectivity index (χ4n) is 2.76. The van der Waals surface area contributed by atoms with Crippen LogP contribution in [0.2, 0.25) is 0 Å². The number of nitrogens with zero attached hydrogens (tertiary/aromatic N) is 3. The van der Waals surface area contributed by atoms with E-state index in [4.69, 9.17) is 0 Å². The SMILES string of the molecule is CCS(=O)(=O)c1cccnc1-c1cc2ccc(=O)n(CC(F)(F)C(F)(F)F)c2cn1. The standard InChI is InChI=1S/C18H14F5N3O3S/c1-2-30(28,29)14-4-3-7-24-16(14)12-8-11-5-6-15(27)26(13(11)9-25-12)10-17(19,20)18(21,22)23/h3-9H,2,10H2,1H3. The molecule has 0 aliphatic heterocycles. The summed E-state index contributed by atoms with van der Waals surface area (Å²) in [5.41, 5.74) is -1.26. The zero-order chi connectivity index (χ0) is 22.3. The molecule has 3 heterocycles. The molecule has 0 aromatic carbocycles. The molecule has 3 aromatic heterocycles. The Morgan fingerprint density at radius 1 is 1.07 bits per heavy atom. The van der Waals surface area contributed by atoms with E-state index in [0.29, 0.717) is 0 Å². The van der Waals surface area contributed by atoms with E-state index < -0.39 is 34.0 Å². The van der Waals surface area contributed by atoms with Crippen molar-refractivity contribution in [1.82, 2.24) is 14.5 Å². The van der Waals surface area contributed by atoms with Crippen molar-refractivity contribution in [2.75, 3.05) is 5.75 Å². The van der Waals surface area contributed by atoms with Gasteiger partial charge in [0.05, 0.1) is 34.6 Å². The second-order valence-corrected chi connectivity index (χ2v) is 8.59. The van der Waals surface area contributed by atoms with E-state index in [2.05, 4.69) is 9.97 Å². The van der Waals surface area contributed by atoms with Gasteiger partial charge in [0.2, 0.25) is 0 Å². The van der Waals surface area contributed by atoms with Crippen LogP contribution in [-0.4, -0.2) is 40.8 Å². The van der Waals surface area contributed by atoms with Crippen LogP contribution in [0.3, 0.4) is 0 Å². The minimum absolute atomic E-state index is 0.000351. The molecular weight excluding hydrogens is 433 g/mol. The highest BCUT2D eigenvalue weighted by molar-refractivity contribution is 7.91. The number of alkyl halides is 5. The topological polar surface area (TPSA) is 81.9 Å². The molecular formula is C18H14F5N3O3S. The molecule has 0 fully saturated rings. The lowest BCUT2D eigenvalue weighted by Crippen LogP contribution is -2.42. The predicted molar refractivity (Wildman–Crippen MR) is 98.0 cm³/mol. The Bertz CT molecular complexity index is 1270. The van der Waals surface area contributed by atoms with Gasteiger partial charge in [-0.1, -0.05) is 6.92 Å². The van der Waals surface area contributed by atoms with Gasteiger partial charge in [-0.25, -0.2) is 8.42 Å². The van der Waals surface area contributed by atoms with Crippen molar-refractivity contribution in [3.05, 3.63) is 53.1 Å². The highest BCUT2D eigenvalue weighted by Crippen LogP contribution is 2.37. The van der Waals surface area contributed by atoms with E-state index in [9.17, 15) is 35.2 Å². The largest absolute Gasteiger partial charge is 0.455 e. The maximum Gasteiger partial charge on any atom is 0.455 e. The van der Waals surface area contributed by atoms with E-state index in [-0.39, 0.29) is 37.5 Å². The first-order chi connectivity index (χ1) is 13.9. The smallest absolute Gasteiger partial charge is 0.300 e. The Morgan fingerprint density at radius 2 is 1.77 bits per heavy atom. The molecule has 0 atom stereocenters. The zero-order valence-electron chi connectivity index (χ0n) is 15.3. The van der Waals surface area contributed by atoms with Gasteiger partial charge in [-0.05, 0) is 24.3 Å². The van der Waals surface area contributed by atoms with Crippen LogP contribution >= 0.6 is 0 Å². The number of rotatable bonds is 5. The minimum Gasteiger partial charge on any atom is -0.300 e. The van der Waals surface area contributed by atoms with Crippen LogP contribution in [0, 0.1) is 0 Å². The van der Waals surface area contributed by atoms with Gasteiger partial charge in [0.1, 0.15) is 5.69 Å². The maximum absolute atomic E-state index is 13.5. The van der Waals surface area contributed by atoms with Gasteiger partial charge in [-0.15, -0.1) is 0 Å². The number of sulfone groups is 1. The van der Waals surface area contributed by atoms with Crippen molar-refractivity contribution >= 4 is 20.7 Å². The average molecular weight is 447 g/mol. The molecule has 30 heavy (non-hydrogen) atoms. The summed E-state index contributed by atoms with van der Waals surface area (Å²) in [5.74, 6) is -5.33. The van der Waals surface area contributed by atoms with Gasteiger partial charge >= 0.3 is 12.1 Å². The highest BCUT2D eigenvalue weighted by Gasteiger charge is 2.57. The number of pyridine rings is 3. The molecule has 0 saturated heterocycles. The second-order valence-electron chi connectivity index (χ2n) is 6.34. The molecule has 6 nitrogen and oxygen atoms in total. The molecule has 0 radical (unpaired) electrons. The third-order valence-electron chi connectivity index (χ3n) is 4.38. The first kappa shape index (κ1) is 21.8. The first-order valence-electron chi connectivity index (χ1n) is 8.49. The maximum atomic E-state index is 13.5. The molecule has 3 aromatic rings. The Labute approximate surface area is 166 Å². The fraction of sp³-hybridized carbons (Fsp3) is 0.278. The Hall–Kier alpha value is -2.89. The molecule has 0 amide bonds. The van der Waals surface area contributed by atoms with Crippen LogP contribution in [0.1, 0.15) is 6.92 Å². The van der Waals surface area contributed by atoms with Gasteiger partial charge in [0.15, 0.2) is 9.84 Å². The van der Waals surface area contributed by atoms with Crippen LogP contribution in [0.5, 0.6) is 0 Å². The second kappa shape index (κ2) is 7.42. The van der Waals surface area contributed by atoms with Crippen LogP contribution < -0.4 is 5.56 Å². The molecule has 160 valence electrons. The van der Waals surface area contributed by atoms with Crippen molar-refractivity contribution in [3.8, 4) is 11.4 Å². The molecule has 0 saturated carbocycles. The Kier molecular flexibility index (Phi) is 5.39. The van der Waals surface area contributed by atoms with Crippen LogP contribution in [-0.2, 0) is 16.4 Å². The van der Waals surface area contributed by atoms with Gasteiger partial charge in [0.25, 0.3) is 5.56 Å². The third-order valence-corrected chi connectivity index (χ3v) is 6.14. The first-order valence-corrected chi connectivity index (χ1v) is 10.1. The number of fused-ring (bicyclic) bond motifs is 1. The quantitative estimate of drug-likeness (QED) is 0.560. The summed E-state index contributed by atoms with van der Waals surface area (Å²) in [6, 6.07) is 6.10. The van der Waals surface area contributed by atoms with Crippen LogP contribution in [0.4, 0.5) is 22.0 Å². The van der Waals surface area contributed by atoms with Crippen LogP contribution in [0.25, 0.3) is 22.3 Å². The molecule has 0 aliphatic carbocycles. The fourth-order valence-corrected chi connectivity index (χ4v) is 3.81. The summed E-state index contributed by atoms with van der Waals surface area (Å²) >= 11 is 0. The lowest BCUT2D eigenvalue weighted by atomic mass is 10.1. The van der Waals surface area contributed by atoms with Gasteiger partial charge in [0, 0.05) is 17.6 Å². The third kappa shape index (κ3) is 3.91. The number of aromatic nitrogens is 3. The number of hydrogen-bond acceptors (Lipinski definition) is 5. The Balaban J connectivity index is 2.18. The average Bonchev–Trinajstić information content (AvgIpc) is 2.69. The Morgan fingerprint density at radius 3 is 2.40 bits per heavy atom. The summed E-state index contributed by atoms with van der Waals surface area (Å²) < 4.78 is 89.6. The summed E-state index contributed by atoms with van der Waals surface area (Å²) in [5, 5.41) is 0.114. The monoisotopic (exact) mass is 447 g/mol. The van der Waals surface area contributed by atoms with Crippen molar-refractivity contribution in [2.24, 2.45) is 0 Å². The lowest BCUT2D eigenvalue weighted by Gasteiger charge is -2.21. The van der Waals surface area contributed by atoms with E-state index in [0.717, 1.165) is 12.3 Å². The van der Waals surface area contributed by atoms with E-state index in [1.54, 1.807) is 0 Å². The summed E-state index contributed by atoms with van der Waals surface area (Å²) in [7, 11) is -3.67. The number of halogens is 5. The normalized spacial score (nSPS) is 13.0.